The van der Waals surface area contributed by atoms with Gasteiger partial charge in [-0.05, 0) is 39.0 Å². The van der Waals surface area contributed by atoms with Gasteiger partial charge in [0.2, 0.25) is 10.0 Å². The first-order valence-electron chi connectivity index (χ1n) is 8.95. The average Bonchev–Trinajstić information content (AvgIpc) is 2.69. The highest BCUT2D eigenvalue weighted by molar-refractivity contribution is 7.89. The Hall–Kier alpha value is -3.02. The highest BCUT2D eigenvalue weighted by Crippen LogP contribution is 2.26. The first kappa shape index (κ1) is 24.3. The molecule has 0 aromatic heterocycles. The molecule has 166 valence electrons. The van der Waals surface area contributed by atoms with E-state index in [2.05, 4.69) is 10.0 Å². The fraction of sp³-hybridized carbons (Fsp3) is 0.263. The van der Waals surface area contributed by atoms with Gasteiger partial charge in [-0.15, -0.1) is 0 Å². The number of aryl methyl sites for hydroxylation is 1. The summed E-state index contributed by atoms with van der Waals surface area (Å²) in [5.41, 5.74) is 0.551. The number of non-ortho nitro benzene ring substituents is 1. The molecule has 2 atom stereocenters. The second kappa shape index (κ2) is 9.86. The zero-order valence-electron chi connectivity index (χ0n) is 16.8. The van der Waals surface area contributed by atoms with Gasteiger partial charge in [-0.3, -0.25) is 19.7 Å². The molecule has 0 aliphatic carbocycles. The van der Waals surface area contributed by atoms with Gasteiger partial charge in [0.15, 0.2) is 6.10 Å². The van der Waals surface area contributed by atoms with Crippen LogP contribution in [0.5, 0.6) is 0 Å². The van der Waals surface area contributed by atoms with Crippen molar-refractivity contribution in [3.8, 4) is 0 Å². The van der Waals surface area contributed by atoms with Crippen molar-refractivity contribution in [2.75, 3.05) is 5.32 Å². The molecule has 0 saturated heterocycles. The van der Waals surface area contributed by atoms with Gasteiger partial charge in [0, 0.05) is 12.1 Å². The van der Waals surface area contributed by atoms with Crippen LogP contribution in [0, 0.1) is 17.0 Å². The van der Waals surface area contributed by atoms with E-state index in [-0.39, 0.29) is 21.3 Å². The molecule has 0 radical (unpaired) electrons. The first-order chi connectivity index (χ1) is 14.4. The van der Waals surface area contributed by atoms with E-state index in [1.807, 2.05) is 0 Å². The number of rotatable bonds is 8. The number of esters is 1. The molecule has 0 unspecified atom stereocenters. The second-order valence-corrected chi connectivity index (χ2v) is 8.77. The van der Waals surface area contributed by atoms with Crippen LogP contribution in [0.25, 0.3) is 0 Å². The van der Waals surface area contributed by atoms with E-state index in [9.17, 15) is 28.1 Å². The molecule has 2 aromatic carbocycles. The molecule has 0 heterocycles. The Bertz CT molecular complexity index is 1100. The fourth-order valence-electron chi connectivity index (χ4n) is 2.35. The molecule has 2 rings (SSSR count). The zero-order chi connectivity index (χ0) is 23.3. The lowest BCUT2D eigenvalue weighted by Gasteiger charge is -2.18. The van der Waals surface area contributed by atoms with Gasteiger partial charge in [0.25, 0.3) is 11.6 Å². The van der Waals surface area contributed by atoms with E-state index < -0.39 is 39.0 Å². The molecular weight excluding hydrogens is 450 g/mol. The maximum Gasteiger partial charge on any atom is 0.324 e. The van der Waals surface area contributed by atoms with Crippen molar-refractivity contribution in [2.45, 2.75) is 37.8 Å². The number of nitro groups is 1. The number of anilines is 1. The number of carbonyl (C=O) groups excluding carboxylic acids is 2. The smallest absolute Gasteiger partial charge is 0.324 e. The number of carbonyl (C=O) groups is 2. The minimum Gasteiger partial charge on any atom is -0.451 e. The minimum atomic E-state index is -3.98. The number of benzene rings is 2. The molecule has 10 nitrogen and oxygen atoms in total. The van der Waals surface area contributed by atoms with E-state index in [1.54, 1.807) is 19.1 Å². The Labute approximate surface area is 183 Å². The lowest BCUT2D eigenvalue weighted by atomic mass is 10.2. The van der Waals surface area contributed by atoms with Crippen molar-refractivity contribution in [1.82, 2.24) is 4.72 Å². The average molecular weight is 470 g/mol. The minimum absolute atomic E-state index is 0.0242. The summed E-state index contributed by atoms with van der Waals surface area (Å²) in [6, 6.07) is 8.22. The predicted molar refractivity (Wildman–Crippen MR) is 113 cm³/mol. The van der Waals surface area contributed by atoms with Crippen LogP contribution < -0.4 is 10.0 Å². The summed E-state index contributed by atoms with van der Waals surface area (Å²) in [4.78, 5) is 34.7. The van der Waals surface area contributed by atoms with Crippen molar-refractivity contribution >= 4 is 44.9 Å². The summed E-state index contributed by atoms with van der Waals surface area (Å²) in [6.07, 6.45) is -1.32. The van der Waals surface area contributed by atoms with E-state index in [1.165, 1.54) is 38.1 Å². The van der Waals surface area contributed by atoms with Gasteiger partial charge in [-0.25, -0.2) is 8.42 Å². The second-order valence-electron chi connectivity index (χ2n) is 6.65. The SMILES string of the molecule is Cc1ccc(S(=O)(=O)N[C@H](C)C(=O)O[C@H](C)C(=O)Nc2cc([N+](=O)[O-])ccc2Cl)cc1. The van der Waals surface area contributed by atoms with Crippen molar-refractivity contribution in [3.05, 3.63) is 63.2 Å². The van der Waals surface area contributed by atoms with Crippen LogP contribution in [-0.4, -0.2) is 37.4 Å². The number of nitrogens with one attached hydrogen (secondary N) is 2. The molecule has 0 aliphatic heterocycles. The molecule has 31 heavy (non-hydrogen) atoms. The molecule has 2 aromatic rings. The molecule has 0 spiro atoms. The summed E-state index contributed by atoms with van der Waals surface area (Å²) >= 11 is 5.92. The molecule has 2 N–H and O–H groups in total. The van der Waals surface area contributed by atoms with Crippen LogP contribution >= 0.6 is 11.6 Å². The largest absolute Gasteiger partial charge is 0.451 e. The maximum atomic E-state index is 12.4. The standard InChI is InChI=1S/C19H20ClN3O7S/c1-11-4-7-15(8-5-11)31(28,29)22-12(2)19(25)30-13(3)18(24)21-17-10-14(23(26)27)6-9-16(17)20/h4-10,12-13,22H,1-3H3,(H,21,24)/t12-,13-/m1/s1. The summed E-state index contributed by atoms with van der Waals surface area (Å²) < 4.78 is 31.9. The van der Waals surface area contributed by atoms with Gasteiger partial charge < -0.3 is 10.1 Å². The Morgan fingerprint density at radius 2 is 1.74 bits per heavy atom. The summed E-state index contributed by atoms with van der Waals surface area (Å²) in [5, 5.41) is 13.3. The van der Waals surface area contributed by atoms with Crippen molar-refractivity contribution in [1.29, 1.82) is 0 Å². The Morgan fingerprint density at radius 3 is 2.32 bits per heavy atom. The van der Waals surface area contributed by atoms with E-state index in [4.69, 9.17) is 16.3 Å². The van der Waals surface area contributed by atoms with Gasteiger partial charge in [0.05, 0.1) is 20.5 Å². The third-order valence-corrected chi connectivity index (χ3v) is 5.98. The van der Waals surface area contributed by atoms with Crippen LogP contribution in [0.4, 0.5) is 11.4 Å². The number of halogens is 1. The predicted octanol–water partition coefficient (Wildman–Crippen LogP) is 2.79. The molecule has 0 bridgehead atoms. The van der Waals surface area contributed by atoms with E-state index in [0.717, 1.165) is 11.6 Å². The number of hydrogen-bond donors (Lipinski definition) is 2. The van der Waals surface area contributed by atoms with Crippen LogP contribution in [0.1, 0.15) is 19.4 Å². The van der Waals surface area contributed by atoms with Crippen molar-refractivity contribution < 1.29 is 27.7 Å². The maximum absolute atomic E-state index is 12.4. The van der Waals surface area contributed by atoms with Gasteiger partial charge in [-0.2, -0.15) is 4.72 Å². The Morgan fingerprint density at radius 1 is 1.13 bits per heavy atom. The zero-order valence-corrected chi connectivity index (χ0v) is 18.4. The highest BCUT2D eigenvalue weighted by Gasteiger charge is 2.27. The molecule has 0 saturated carbocycles. The summed E-state index contributed by atoms with van der Waals surface area (Å²) in [5.74, 6) is -1.78. The number of sulfonamides is 1. The molecule has 0 fully saturated rings. The van der Waals surface area contributed by atoms with Crippen molar-refractivity contribution in [3.63, 3.8) is 0 Å². The summed E-state index contributed by atoms with van der Waals surface area (Å²) in [7, 11) is -3.98. The van der Waals surface area contributed by atoms with Gasteiger partial charge in [-0.1, -0.05) is 29.3 Å². The van der Waals surface area contributed by atoms with E-state index in [0.29, 0.717) is 0 Å². The first-order valence-corrected chi connectivity index (χ1v) is 10.8. The van der Waals surface area contributed by atoms with Crippen LogP contribution in [0.15, 0.2) is 47.4 Å². The van der Waals surface area contributed by atoms with Crippen molar-refractivity contribution in [2.24, 2.45) is 0 Å². The highest BCUT2D eigenvalue weighted by atomic mass is 35.5. The van der Waals surface area contributed by atoms with Gasteiger partial charge >= 0.3 is 5.97 Å². The van der Waals surface area contributed by atoms with Crippen LogP contribution in [0.3, 0.4) is 0 Å². The number of hydrogen-bond acceptors (Lipinski definition) is 7. The van der Waals surface area contributed by atoms with Crippen LogP contribution in [0.2, 0.25) is 5.02 Å². The molecule has 0 aliphatic rings. The molecule has 1 amide bonds. The summed E-state index contributed by atoms with van der Waals surface area (Å²) in [6.45, 7) is 4.34. The lowest BCUT2D eigenvalue weighted by molar-refractivity contribution is -0.384. The third-order valence-electron chi connectivity index (χ3n) is 4.10. The number of nitro benzene ring substituents is 1. The monoisotopic (exact) mass is 469 g/mol. The lowest BCUT2D eigenvalue weighted by Crippen LogP contribution is -2.42. The normalized spacial score (nSPS) is 13.2. The number of amides is 1. The fourth-order valence-corrected chi connectivity index (χ4v) is 3.71. The Kier molecular flexibility index (Phi) is 7.71. The molecule has 12 heteroatoms. The number of nitrogens with zero attached hydrogens (tertiary/aromatic N) is 1. The van der Waals surface area contributed by atoms with E-state index >= 15 is 0 Å². The van der Waals surface area contributed by atoms with Crippen LogP contribution in [-0.2, 0) is 24.3 Å². The molecular formula is C19H20ClN3O7S. The third kappa shape index (κ3) is 6.48. The quantitative estimate of drug-likeness (QED) is 0.343. The van der Waals surface area contributed by atoms with Gasteiger partial charge in [0.1, 0.15) is 6.04 Å². The topological polar surface area (TPSA) is 145 Å². The number of ether oxygens (including phenoxy) is 1. The Balaban J connectivity index is 2.01.